The van der Waals surface area contributed by atoms with Gasteiger partial charge in [-0.2, -0.15) is 0 Å². The molecule has 4 rings (SSSR count). The van der Waals surface area contributed by atoms with E-state index in [-0.39, 0.29) is 50.0 Å². The van der Waals surface area contributed by atoms with Crippen LogP contribution in [-0.2, 0) is 19.1 Å². The molecule has 1 fully saturated rings. The lowest BCUT2D eigenvalue weighted by molar-refractivity contribution is -0.137. The molecule has 2 unspecified atom stereocenters. The predicted octanol–water partition coefficient (Wildman–Crippen LogP) is 2.91. The highest BCUT2D eigenvalue weighted by atomic mass is 16.5. The Labute approximate surface area is 192 Å². The van der Waals surface area contributed by atoms with E-state index in [1.165, 1.54) is 11.1 Å². The lowest BCUT2D eigenvalue weighted by Crippen LogP contribution is -2.34. The molecule has 3 N–H and O–H groups in total. The first-order chi connectivity index (χ1) is 16.0. The summed E-state index contributed by atoms with van der Waals surface area (Å²) in [5, 5.41) is 14.1. The van der Waals surface area contributed by atoms with Crippen LogP contribution in [-0.4, -0.2) is 55.5 Å². The number of amides is 2. The van der Waals surface area contributed by atoms with Gasteiger partial charge in [0.1, 0.15) is 6.61 Å². The van der Waals surface area contributed by atoms with Gasteiger partial charge >= 0.3 is 12.1 Å². The second-order valence-electron chi connectivity index (χ2n) is 8.38. The summed E-state index contributed by atoms with van der Waals surface area (Å²) in [4.78, 5) is 35.0. The minimum atomic E-state index is -0.882. The van der Waals surface area contributed by atoms with Gasteiger partial charge in [0.2, 0.25) is 5.91 Å². The molecule has 2 aromatic rings. The minimum absolute atomic E-state index is 0.0000776. The van der Waals surface area contributed by atoms with E-state index in [0.717, 1.165) is 11.1 Å². The fraction of sp³-hybridized carbons (Fsp3) is 0.400. The number of carboxylic acid groups (broad SMARTS) is 1. The lowest BCUT2D eigenvalue weighted by Gasteiger charge is -2.15. The molecular weight excluding hydrogens is 424 g/mol. The summed E-state index contributed by atoms with van der Waals surface area (Å²) in [5.41, 5.74) is 4.66. The van der Waals surface area contributed by atoms with Crippen LogP contribution in [0.1, 0.15) is 36.3 Å². The highest BCUT2D eigenvalue weighted by Crippen LogP contribution is 2.44. The number of aliphatic carboxylic acids is 1. The maximum absolute atomic E-state index is 12.3. The van der Waals surface area contributed by atoms with Gasteiger partial charge in [-0.1, -0.05) is 48.5 Å². The number of benzene rings is 2. The molecule has 2 atom stereocenters. The maximum Gasteiger partial charge on any atom is 0.407 e. The fourth-order valence-electron chi connectivity index (χ4n) is 4.47. The Bertz CT molecular complexity index is 978. The van der Waals surface area contributed by atoms with Crippen LogP contribution in [0.15, 0.2) is 48.5 Å². The summed E-state index contributed by atoms with van der Waals surface area (Å²) in [6.45, 7) is 1.11. The van der Waals surface area contributed by atoms with Crippen molar-refractivity contribution in [2.45, 2.75) is 31.3 Å². The molecule has 8 nitrogen and oxygen atoms in total. The van der Waals surface area contributed by atoms with Crippen molar-refractivity contribution in [1.29, 1.82) is 0 Å². The number of fused-ring (bicyclic) bond motifs is 3. The smallest absolute Gasteiger partial charge is 0.407 e. The summed E-state index contributed by atoms with van der Waals surface area (Å²) >= 11 is 0. The third kappa shape index (κ3) is 5.51. The summed E-state index contributed by atoms with van der Waals surface area (Å²) in [5.74, 6) is -1.33. The highest BCUT2D eigenvalue weighted by Gasteiger charge is 2.32. The van der Waals surface area contributed by atoms with Gasteiger partial charge in [-0.05, 0) is 35.1 Å². The largest absolute Gasteiger partial charge is 0.481 e. The molecule has 0 spiro atoms. The summed E-state index contributed by atoms with van der Waals surface area (Å²) in [7, 11) is 0. The standard InChI is InChI=1S/C25H28N2O6/c28-23(29)10-5-11-26-24(30)16-12-17(32-14-16)13-27-25(31)33-15-22-20-8-3-1-6-18(20)19-7-2-4-9-21(19)22/h1-4,6-9,16-17,22H,5,10-15H2,(H,26,30)(H,27,31)(H,28,29). The number of hydrogen-bond acceptors (Lipinski definition) is 5. The predicted molar refractivity (Wildman–Crippen MR) is 121 cm³/mol. The monoisotopic (exact) mass is 452 g/mol. The van der Waals surface area contributed by atoms with Gasteiger partial charge in [0.15, 0.2) is 0 Å². The van der Waals surface area contributed by atoms with Gasteiger partial charge in [-0.3, -0.25) is 9.59 Å². The Morgan fingerprint density at radius 1 is 1.00 bits per heavy atom. The molecule has 1 heterocycles. The van der Waals surface area contributed by atoms with Gasteiger partial charge in [0.05, 0.1) is 18.6 Å². The van der Waals surface area contributed by atoms with Gasteiger partial charge in [0.25, 0.3) is 0 Å². The van der Waals surface area contributed by atoms with E-state index < -0.39 is 12.1 Å². The van der Waals surface area contributed by atoms with E-state index in [4.69, 9.17) is 14.6 Å². The van der Waals surface area contributed by atoms with Crippen molar-refractivity contribution in [2.75, 3.05) is 26.3 Å². The lowest BCUT2D eigenvalue weighted by atomic mass is 9.98. The van der Waals surface area contributed by atoms with E-state index in [0.29, 0.717) is 19.4 Å². The van der Waals surface area contributed by atoms with Crippen LogP contribution in [0.5, 0.6) is 0 Å². The number of hydrogen-bond donors (Lipinski definition) is 3. The molecule has 1 saturated heterocycles. The third-order valence-corrected chi connectivity index (χ3v) is 6.14. The molecule has 0 aromatic heterocycles. The zero-order chi connectivity index (χ0) is 23.2. The SMILES string of the molecule is O=C(O)CCCNC(=O)C1COC(CNC(=O)OCC2c3ccccc3-c3ccccc32)C1. The molecule has 1 aliphatic carbocycles. The van der Waals surface area contributed by atoms with Crippen molar-refractivity contribution in [3.63, 3.8) is 0 Å². The van der Waals surface area contributed by atoms with E-state index in [2.05, 4.69) is 34.9 Å². The average molecular weight is 453 g/mol. The highest BCUT2D eigenvalue weighted by molar-refractivity contribution is 5.80. The summed E-state index contributed by atoms with van der Waals surface area (Å²) in [6, 6.07) is 16.3. The Hall–Kier alpha value is -3.39. The third-order valence-electron chi connectivity index (χ3n) is 6.14. The van der Waals surface area contributed by atoms with Crippen LogP contribution in [0.2, 0.25) is 0 Å². The number of rotatable bonds is 9. The second kappa shape index (κ2) is 10.5. The van der Waals surface area contributed by atoms with Crippen LogP contribution in [0, 0.1) is 5.92 Å². The first-order valence-electron chi connectivity index (χ1n) is 11.2. The molecule has 8 heteroatoms. The normalized spacial score (nSPS) is 18.9. The van der Waals surface area contributed by atoms with Crippen molar-refractivity contribution in [1.82, 2.24) is 10.6 Å². The number of ether oxygens (including phenoxy) is 2. The quantitative estimate of drug-likeness (QED) is 0.504. The van der Waals surface area contributed by atoms with Crippen LogP contribution in [0.25, 0.3) is 11.1 Å². The van der Waals surface area contributed by atoms with E-state index >= 15 is 0 Å². The van der Waals surface area contributed by atoms with E-state index in [1.54, 1.807) is 0 Å². The molecule has 1 aliphatic heterocycles. The number of alkyl carbamates (subject to hydrolysis) is 1. The van der Waals surface area contributed by atoms with Crippen LogP contribution < -0.4 is 10.6 Å². The van der Waals surface area contributed by atoms with Gasteiger partial charge in [-0.25, -0.2) is 4.79 Å². The van der Waals surface area contributed by atoms with Crippen molar-refractivity contribution in [3.05, 3.63) is 59.7 Å². The fourth-order valence-corrected chi connectivity index (χ4v) is 4.47. The van der Waals surface area contributed by atoms with Crippen molar-refractivity contribution < 1.29 is 29.0 Å². The molecular formula is C25H28N2O6. The Morgan fingerprint density at radius 3 is 2.33 bits per heavy atom. The Kier molecular flexibility index (Phi) is 7.24. The molecule has 0 saturated carbocycles. The van der Waals surface area contributed by atoms with Gasteiger partial charge < -0.3 is 25.2 Å². The summed E-state index contributed by atoms with van der Waals surface area (Å²) < 4.78 is 11.2. The van der Waals surface area contributed by atoms with Crippen LogP contribution in [0.3, 0.4) is 0 Å². The molecule has 2 aliphatic rings. The van der Waals surface area contributed by atoms with Crippen LogP contribution in [0.4, 0.5) is 4.79 Å². The van der Waals surface area contributed by atoms with Crippen molar-refractivity contribution >= 4 is 18.0 Å². The first-order valence-corrected chi connectivity index (χ1v) is 11.2. The number of carbonyl (C=O) groups is 3. The van der Waals surface area contributed by atoms with Gasteiger partial charge in [0, 0.05) is 25.4 Å². The zero-order valence-electron chi connectivity index (χ0n) is 18.3. The minimum Gasteiger partial charge on any atom is -0.481 e. The van der Waals surface area contributed by atoms with E-state index in [1.807, 2.05) is 24.3 Å². The molecule has 174 valence electrons. The maximum atomic E-state index is 12.3. The molecule has 33 heavy (non-hydrogen) atoms. The molecule has 0 bridgehead atoms. The first kappa shape index (κ1) is 22.8. The van der Waals surface area contributed by atoms with Gasteiger partial charge in [-0.15, -0.1) is 0 Å². The number of nitrogens with one attached hydrogen (secondary N) is 2. The topological polar surface area (TPSA) is 114 Å². The van der Waals surface area contributed by atoms with E-state index in [9.17, 15) is 14.4 Å². The van der Waals surface area contributed by atoms with Crippen molar-refractivity contribution in [2.24, 2.45) is 5.92 Å². The number of carboxylic acids is 1. The summed E-state index contributed by atoms with van der Waals surface area (Å²) in [6.07, 6.45) is 0.131. The molecule has 2 amide bonds. The van der Waals surface area contributed by atoms with Crippen molar-refractivity contribution in [3.8, 4) is 11.1 Å². The number of carbonyl (C=O) groups excluding carboxylic acids is 2. The second-order valence-corrected chi connectivity index (χ2v) is 8.38. The van der Waals surface area contributed by atoms with Crippen LogP contribution >= 0.6 is 0 Å². The zero-order valence-corrected chi connectivity index (χ0v) is 18.3. The Morgan fingerprint density at radius 2 is 1.67 bits per heavy atom. The molecule has 2 aromatic carbocycles. The average Bonchev–Trinajstić information content (AvgIpc) is 3.42. The Balaban J connectivity index is 1.20. The molecule has 0 radical (unpaired) electrons.